The van der Waals surface area contributed by atoms with Crippen LogP contribution in [0.1, 0.15) is 31.2 Å². The van der Waals surface area contributed by atoms with Crippen molar-refractivity contribution in [1.82, 2.24) is 35.3 Å². The van der Waals surface area contributed by atoms with E-state index in [4.69, 9.17) is 0 Å². The molecule has 0 saturated carbocycles. The third kappa shape index (κ3) is 5.53. The second-order valence-corrected chi connectivity index (χ2v) is 6.23. The van der Waals surface area contributed by atoms with Crippen LogP contribution in [0, 0.1) is 0 Å². The quantitative estimate of drug-likeness (QED) is 0.826. The number of carbonyl (C=O) groups is 1. The molecule has 0 aliphatic carbocycles. The summed E-state index contributed by atoms with van der Waals surface area (Å²) in [4.78, 5) is 22.5. The number of rotatable bonds is 6. The molecule has 2 aromatic heterocycles. The molecule has 1 fully saturated rings. The van der Waals surface area contributed by atoms with E-state index in [0.717, 1.165) is 25.2 Å². The number of pyridine rings is 1. The minimum Gasteiger partial charge on any atom is -0.337 e. The maximum absolute atomic E-state index is 11.9. The van der Waals surface area contributed by atoms with Crippen molar-refractivity contribution in [3.8, 4) is 5.82 Å². The van der Waals surface area contributed by atoms with Crippen molar-refractivity contribution in [2.75, 3.05) is 26.2 Å². The fourth-order valence-electron chi connectivity index (χ4n) is 2.92. The topological polar surface area (TPSA) is 88.0 Å². The van der Waals surface area contributed by atoms with Crippen molar-refractivity contribution in [2.24, 2.45) is 0 Å². The molecule has 3 heterocycles. The number of amides is 2. The standard InChI is InChI=1S/C17H25N7O/c25-17(19-7-10-23-8-3-1-2-4-9-23)21-12-15-5-6-16(20-11-15)24-14-18-13-22-24/h5-6,11,13-14H,1-4,7-10,12H2,(H2,19,21,25). The molecule has 8 heteroatoms. The van der Waals surface area contributed by atoms with Crippen molar-refractivity contribution in [2.45, 2.75) is 32.2 Å². The monoisotopic (exact) mass is 343 g/mol. The van der Waals surface area contributed by atoms with Gasteiger partial charge in [-0.15, -0.1) is 0 Å². The number of hydrogen-bond acceptors (Lipinski definition) is 5. The number of nitrogens with zero attached hydrogens (tertiary/aromatic N) is 5. The Bertz CT molecular complexity index is 634. The van der Waals surface area contributed by atoms with Gasteiger partial charge < -0.3 is 15.5 Å². The van der Waals surface area contributed by atoms with Crippen LogP contribution in [0.3, 0.4) is 0 Å². The van der Waals surface area contributed by atoms with Gasteiger partial charge in [-0.25, -0.2) is 19.4 Å². The van der Waals surface area contributed by atoms with Gasteiger partial charge in [0, 0.05) is 25.8 Å². The molecule has 8 nitrogen and oxygen atoms in total. The molecule has 134 valence electrons. The van der Waals surface area contributed by atoms with Crippen LogP contribution in [0.4, 0.5) is 4.79 Å². The van der Waals surface area contributed by atoms with E-state index in [9.17, 15) is 4.79 Å². The zero-order valence-electron chi connectivity index (χ0n) is 14.4. The normalized spacial score (nSPS) is 15.5. The smallest absolute Gasteiger partial charge is 0.315 e. The first-order valence-electron chi connectivity index (χ1n) is 8.85. The number of hydrogen-bond donors (Lipinski definition) is 2. The lowest BCUT2D eigenvalue weighted by Gasteiger charge is -2.19. The largest absolute Gasteiger partial charge is 0.337 e. The highest BCUT2D eigenvalue weighted by Gasteiger charge is 2.09. The molecule has 1 saturated heterocycles. The molecule has 0 atom stereocenters. The average Bonchev–Trinajstić information content (AvgIpc) is 3.05. The second-order valence-electron chi connectivity index (χ2n) is 6.23. The molecular weight excluding hydrogens is 318 g/mol. The van der Waals surface area contributed by atoms with Gasteiger partial charge in [-0.3, -0.25) is 0 Å². The van der Waals surface area contributed by atoms with Crippen molar-refractivity contribution < 1.29 is 4.79 Å². The molecule has 0 radical (unpaired) electrons. The maximum atomic E-state index is 11.9. The van der Waals surface area contributed by atoms with Crippen LogP contribution < -0.4 is 10.6 Å². The van der Waals surface area contributed by atoms with Gasteiger partial charge in [0.2, 0.25) is 0 Å². The minimum atomic E-state index is -0.143. The number of aromatic nitrogens is 4. The summed E-state index contributed by atoms with van der Waals surface area (Å²) in [6.07, 6.45) is 9.98. The van der Waals surface area contributed by atoms with Gasteiger partial charge in [-0.1, -0.05) is 18.9 Å². The Morgan fingerprint density at radius 2 is 1.96 bits per heavy atom. The van der Waals surface area contributed by atoms with Gasteiger partial charge in [-0.2, -0.15) is 5.10 Å². The lowest BCUT2D eigenvalue weighted by atomic mass is 10.2. The van der Waals surface area contributed by atoms with Crippen LogP contribution in [0.15, 0.2) is 31.0 Å². The number of urea groups is 1. The van der Waals surface area contributed by atoms with Gasteiger partial charge in [0.1, 0.15) is 12.7 Å². The highest BCUT2D eigenvalue weighted by atomic mass is 16.2. The minimum absolute atomic E-state index is 0.143. The van der Waals surface area contributed by atoms with E-state index in [1.165, 1.54) is 32.0 Å². The van der Waals surface area contributed by atoms with Crippen LogP contribution in [-0.4, -0.2) is 56.9 Å². The van der Waals surface area contributed by atoms with Gasteiger partial charge in [0.25, 0.3) is 0 Å². The fourth-order valence-corrected chi connectivity index (χ4v) is 2.92. The lowest BCUT2D eigenvalue weighted by molar-refractivity contribution is 0.235. The maximum Gasteiger partial charge on any atom is 0.315 e. The molecule has 1 aliphatic rings. The molecule has 2 aromatic rings. The zero-order valence-corrected chi connectivity index (χ0v) is 14.4. The molecule has 3 rings (SSSR count). The first-order valence-corrected chi connectivity index (χ1v) is 8.85. The predicted molar refractivity (Wildman–Crippen MR) is 94.3 cm³/mol. The summed E-state index contributed by atoms with van der Waals surface area (Å²) < 4.78 is 1.59. The highest BCUT2D eigenvalue weighted by Crippen LogP contribution is 2.08. The van der Waals surface area contributed by atoms with Crippen LogP contribution in [0.25, 0.3) is 5.82 Å². The Kier molecular flexibility index (Phi) is 6.33. The Morgan fingerprint density at radius 1 is 1.12 bits per heavy atom. The third-order valence-electron chi connectivity index (χ3n) is 4.33. The first-order chi connectivity index (χ1) is 12.3. The summed E-state index contributed by atoms with van der Waals surface area (Å²) in [5, 5.41) is 9.81. The SMILES string of the molecule is O=C(NCCN1CCCCCC1)NCc1ccc(-n2cncn2)nc1. The Morgan fingerprint density at radius 3 is 2.64 bits per heavy atom. The molecule has 2 N–H and O–H groups in total. The molecular formula is C17H25N7O. The molecule has 1 aliphatic heterocycles. The summed E-state index contributed by atoms with van der Waals surface area (Å²) in [6, 6.07) is 3.62. The Balaban J connectivity index is 1.35. The number of nitrogens with one attached hydrogen (secondary N) is 2. The van der Waals surface area contributed by atoms with Gasteiger partial charge in [-0.05, 0) is 37.6 Å². The Hall–Kier alpha value is -2.48. The molecule has 0 aromatic carbocycles. The lowest BCUT2D eigenvalue weighted by Crippen LogP contribution is -2.40. The van der Waals surface area contributed by atoms with E-state index < -0.39 is 0 Å². The summed E-state index contributed by atoms with van der Waals surface area (Å²) in [5.74, 6) is 0.697. The van der Waals surface area contributed by atoms with E-state index in [1.54, 1.807) is 17.2 Å². The van der Waals surface area contributed by atoms with Crippen molar-refractivity contribution in [1.29, 1.82) is 0 Å². The summed E-state index contributed by atoms with van der Waals surface area (Å²) in [6.45, 7) is 4.33. The second kappa shape index (κ2) is 9.12. The van der Waals surface area contributed by atoms with Crippen LogP contribution >= 0.6 is 0 Å². The zero-order chi connectivity index (χ0) is 17.3. The molecule has 0 bridgehead atoms. The number of likely N-dealkylation sites (tertiary alicyclic amines) is 1. The van der Waals surface area contributed by atoms with Crippen LogP contribution in [0.5, 0.6) is 0 Å². The van der Waals surface area contributed by atoms with E-state index >= 15 is 0 Å². The van der Waals surface area contributed by atoms with E-state index in [2.05, 4.69) is 30.6 Å². The van der Waals surface area contributed by atoms with Gasteiger partial charge in [0.15, 0.2) is 5.82 Å². The van der Waals surface area contributed by atoms with Crippen molar-refractivity contribution in [3.63, 3.8) is 0 Å². The van der Waals surface area contributed by atoms with Crippen molar-refractivity contribution in [3.05, 3.63) is 36.5 Å². The summed E-state index contributed by atoms with van der Waals surface area (Å²) >= 11 is 0. The van der Waals surface area contributed by atoms with E-state index in [1.807, 2.05) is 12.1 Å². The van der Waals surface area contributed by atoms with Gasteiger partial charge >= 0.3 is 6.03 Å². The first kappa shape index (κ1) is 17.3. The third-order valence-corrected chi connectivity index (χ3v) is 4.33. The predicted octanol–water partition coefficient (Wildman–Crippen LogP) is 1.34. The van der Waals surface area contributed by atoms with Crippen LogP contribution in [-0.2, 0) is 6.54 Å². The highest BCUT2D eigenvalue weighted by molar-refractivity contribution is 5.73. The Labute approximate surface area is 147 Å². The van der Waals surface area contributed by atoms with E-state index in [-0.39, 0.29) is 6.03 Å². The molecule has 0 unspecified atom stereocenters. The molecule has 0 spiro atoms. The molecule has 25 heavy (non-hydrogen) atoms. The summed E-state index contributed by atoms with van der Waals surface area (Å²) in [5.41, 5.74) is 0.937. The number of carbonyl (C=O) groups excluding carboxylic acids is 1. The van der Waals surface area contributed by atoms with Crippen LogP contribution in [0.2, 0.25) is 0 Å². The van der Waals surface area contributed by atoms with E-state index in [0.29, 0.717) is 18.9 Å². The van der Waals surface area contributed by atoms with Gasteiger partial charge in [0.05, 0.1) is 0 Å². The van der Waals surface area contributed by atoms with Crippen molar-refractivity contribution >= 4 is 6.03 Å². The average molecular weight is 343 g/mol. The fraction of sp³-hybridized carbons (Fsp3) is 0.529. The summed E-state index contributed by atoms with van der Waals surface area (Å²) in [7, 11) is 0. The molecule has 2 amide bonds.